The lowest BCUT2D eigenvalue weighted by molar-refractivity contribution is -0.130. The maximum Gasteiger partial charge on any atom is 0.406 e. The standard InChI is InChI=1S/C19H13F3N4O2/c1-10(27)12-4-2-3-5-13(12)11-6-15-17(23-7-11)16-14(8-24-25-16)18(28)26(15)9-19(20,21)22/h2-8,16H,9H2,1H3. The number of carbonyl (C=O) groups is 2. The molecule has 1 aromatic carbocycles. The minimum atomic E-state index is -4.60. The first-order valence-corrected chi connectivity index (χ1v) is 8.35. The van der Waals surface area contributed by atoms with Crippen LogP contribution in [0.25, 0.3) is 11.1 Å². The summed E-state index contributed by atoms with van der Waals surface area (Å²) in [5.74, 6) is -0.995. The molecule has 1 aromatic heterocycles. The maximum atomic E-state index is 13.1. The first-order valence-electron chi connectivity index (χ1n) is 8.35. The van der Waals surface area contributed by atoms with E-state index in [1.54, 1.807) is 24.3 Å². The molecule has 9 heteroatoms. The third-order valence-corrected chi connectivity index (χ3v) is 4.57. The van der Waals surface area contributed by atoms with Gasteiger partial charge in [0, 0.05) is 17.3 Å². The van der Waals surface area contributed by atoms with Crippen LogP contribution < -0.4 is 4.90 Å². The summed E-state index contributed by atoms with van der Waals surface area (Å²) in [5.41, 5.74) is 1.67. The fourth-order valence-corrected chi connectivity index (χ4v) is 3.35. The second-order valence-corrected chi connectivity index (χ2v) is 6.45. The number of aromatic nitrogens is 1. The minimum absolute atomic E-state index is 0.0150. The Kier molecular flexibility index (Phi) is 4.10. The molecule has 2 aliphatic heterocycles. The number of azo groups is 1. The molecule has 0 saturated carbocycles. The van der Waals surface area contributed by atoms with Crippen LogP contribution in [0.4, 0.5) is 18.9 Å². The molecule has 1 unspecified atom stereocenters. The van der Waals surface area contributed by atoms with Crippen LogP contribution in [0.1, 0.15) is 29.0 Å². The van der Waals surface area contributed by atoms with Crippen LogP contribution in [-0.2, 0) is 4.79 Å². The number of hydrogen-bond acceptors (Lipinski definition) is 5. The molecule has 0 aliphatic carbocycles. The topological polar surface area (TPSA) is 75.0 Å². The van der Waals surface area contributed by atoms with Crippen LogP contribution in [0.3, 0.4) is 0 Å². The van der Waals surface area contributed by atoms with Gasteiger partial charge in [0.25, 0.3) is 5.91 Å². The van der Waals surface area contributed by atoms with Crippen molar-refractivity contribution < 1.29 is 22.8 Å². The predicted octanol–water partition coefficient (Wildman–Crippen LogP) is 4.25. The zero-order valence-electron chi connectivity index (χ0n) is 14.6. The molecule has 0 bridgehead atoms. The van der Waals surface area contributed by atoms with Crippen molar-refractivity contribution in [3.05, 3.63) is 59.6 Å². The number of Topliss-reactive ketones (excluding diaryl/α,β-unsaturated/α-hetero) is 1. The first kappa shape index (κ1) is 18.0. The summed E-state index contributed by atoms with van der Waals surface area (Å²) in [7, 11) is 0. The van der Waals surface area contributed by atoms with Crippen LogP contribution in [0.15, 0.2) is 58.5 Å². The Labute approximate surface area is 157 Å². The zero-order chi connectivity index (χ0) is 20.1. The smallest absolute Gasteiger partial charge is 0.297 e. The summed E-state index contributed by atoms with van der Waals surface area (Å²) in [6.07, 6.45) is -1.96. The Morgan fingerprint density at radius 3 is 2.71 bits per heavy atom. The van der Waals surface area contributed by atoms with Gasteiger partial charge in [-0.2, -0.15) is 23.4 Å². The van der Waals surface area contributed by atoms with E-state index in [0.29, 0.717) is 21.6 Å². The second-order valence-electron chi connectivity index (χ2n) is 6.45. The Balaban J connectivity index is 1.89. The Morgan fingerprint density at radius 1 is 1.25 bits per heavy atom. The Morgan fingerprint density at radius 2 is 2.00 bits per heavy atom. The molecular weight excluding hydrogens is 373 g/mol. The number of carbonyl (C=O) groups excluding carboxylic acids is 2. The average molecular weight is 386 g/mol. The van der Waals surface area contributed by atoms with Crippen molar-refractivity contribution >= 4 is 17.4 Å². The summed E-state index contributed by atoms with van der Waals surface area (Å²) >= 11 is 0. The van der Waals surface area contributed by atoms with Crippen molar-refractivity contribution in [1.82, 2.24) is 4.98 Å². The molecule has 0 radical (unpaired) electrons. The van der Waals surface area contributed by atoms with Gasteiger partial charge in [0.05, 0.1) is 23.2 Å². The minimum Gasteiger partial charge on any atom is -0.297 e. The second kappa shape index (κ2) is 6.36. The summed E-state index contributed by atoms with van der Waals surface area (Å²) in [4.78, 5) is 29.5. The molecule has 0 saturated heterocycles. The number of halogens is 3. The van der Waals surface area contributed by atoms with Gasteiger partial charge >= 0.3 is 6.18 Å². The Hall–Kier alpha value is -3.36. The van der Waals surface area contributed by atoms with Crippen molar-refractivity contribution in [2.75, 3.05) is 11.4 Å². The largest absolute Gasteiger partial charge is 0.406 e. The van der Waals surface area contributed by atoms with E-state index in [0.717, 1.165) is 0 Å². The van der Waals surface area contributed by atoms with E-state index >= 15 is 0 Å². The van der Waals surface area contributed by atoms with Gasteiger partial charge in [0.15, 0.2) is 5.78 Å². The van der Waals surface area contributed by atoms with Crippen LogP contribution in [0.2, 0.25) is 0 Å². The van der Waals surface area contributed by atoms with Gasteiger partial charge in [-0.15, -0.1) is 0 Å². The highest BCUT2D eigenvalue weighted by molar-refractivity contribution is 6.10. The van der Waals surface area contributed by atoms with Crippen molar-refractivity contribution in [2.24, 2.45) is 10.2 Å². The monoisotopic (exact) mass is 386 g/mol. The molecule has 2 aromatic rings. The van der Waals surface area contributed by atoms with E-state index in [2.05, 4.69) is 15.2 Å². The number of alkyl halides is 3. The fourth-order valence-electron chi connectivity index (χ4n) is 3.35. The maximum absolute atomic E-state index is 13.1. The van der Waals surface area contributed by atoms with Gasteiger partial charge in [-0.05, 0) is 18.6 Å². The molecule has 6 nitrogen and oxygen atoms in total. The number of rotatable bonds is 3. The van der Waals surface area contributed by atoms with Gasteiger partial charge in [0.2, 0.25) is 0 Å². The highest BCUT2D eigenvalue weighted by Crippen LogP contribution is 2.43. The van der Waals surface area contributed by atoms with Crippen molar-refractivity contribution in [3.63, 3.8) is 0 Å². The van der Waals surface area contributed by atoms with Crippen molar-refractivity contribution in [1.29, 1.82) is 0 Å². The highest BCUT2D eigenvalue weighted by atomic mass is 19.4. The molecule has 28 heavy (non-hydrogen) atoms. The summed E-state index contributed by atoms with van der Waals surface area (Å²) < 4.78 is 39.4. The molecule has 1 amide bonds. The lowest BCUT2D eigenvalue weighted by Gasteiger charge is -2.32. The van der Waals surface area contributed by atoms with E-state index in [1.165, 1.54) is 25.4 Å². The van der Waals surface area contributed by atoms with Crippen molar-refractivity contribution in [2.45, 2.75) is 19.1 Å². The average Bonchev–Trinajstić information content (AvgIpc) is 3.14. The van der Waals surface area contributed by atoms with E-state index in [9.17, 15) is 22.8 Å². The SMILES string of the molecule is CC(=O)c1ccccc1-c1cnc2c(c1)N(CC(F)(F)F)C(=O)C1=CN=NC12. The van der Waals surface area contributed by atoms with Crippen LogP contribution >= 0.6 is 0 Å². The molecule has 142 valence electrons. The number of nitrogens with zero attached hydrogens (tertiary/aromatic N) is 4. The lowest BCUT2D eigenvalue weighted by Crippen LogP contribution is -2.43. The molecule has 0 N–H and O–H groups in total. The summed E-state index contributed by atoms with van der Waals surface area (Å²) in [6, 6.07) is 7.34. The molecule has 0 fully saturated rings. The number of ketones is 1. The van der Waals surface area contributed by atoms with Gasteiger partial charge in [-0.3, -0.25) is 19.5 Å². The van der Waals surface area contributed by atoms with Crippen LogP contribution in [-0.4, -0.2) is 29.4 Å². The fraction of sp³-hybridized carbons (Fsp3) is 0.211. The summed E-state index contributed by atoms with van der Waals surface area (Å²) in [5, 5.41) is 7.59. The zero-order valence-corrected chi connectivity index (χ0v) is 14.6. The van der Waals surface area contributed by atoms with E-state index < -0.39 is 24.7 Å². The van der Waals surface area contributed by atoms with Gasteiger partial charge in [-0.25, -0.2) is 0 Å². The number of hydrogen-bond donors (Lipinski definition) is 0. The molecule has 3 heterocycles. The van der Waals surface area contributed by atoms with E-state index in [1.807, 2.05) is 0 Å². The third-order valence-electron chi connectivity index (χ3n) is 4.57. The van der Waals surface area contributed by atoms with E-state index in [4.69, 9.17) is 0 Å². The first-order chi connectivity index (χ1) is 13.3. The van der Waals surface area contributed by atoms with Crippen LogP contribution in [0.5, 0.6) is 0 Å². The van der Waals surface area contributed by atoms with Gasteiger partial charge < -0.3 is 0 Å². The number of amides is 1. The molecule has 0 spiro atoms. The Bertz CT molecular complexity index is 1060. The van der Waals surface area contributed by atoms with E-state index in [-0.39, 0.29) is 22.7 Å². The highest BCUT2D eigenvalue weighted by Gasteiger charge is 2.43. The predicted molar refractivity (Wildman–Crippen MR) is 93.8 cm³/mol. The van der Waals surface area contributed by atoms with Crippen molar-refractivity contribution in [3.8, 4) is 11.1 Å². The van der Waals surface area contributed by atoms with Gasteiger partial charge in [-0.1, -0.05) is 24.3 Å². The number of benzene rings is 1. The lowest BCUT2D eigenvalue weighted by atomic mass is 9.93. The molecule has 1 atom stereocenters. The molecule has 4 rings (SSSR count). The van der Waals surface area contributed by atoms with Crippen LogP contribution in [0, 0.1) is 0 Å². The summed E-state index contributed by atoms with van der Waals surface area (Å²) in [6.45, 7) is -0.0531. The number of anilines is 1. The number of fused-ring (bicyclic) bond motifs is 3. The third kappa shape index (κ3) is 2.98. The normalized spacial score (nSPS) is 18.0. The quantitative estimate of drug-likeness (QED) is 0.740. The molecule has 2 aliphatic rings. The molecular formula is C19H13F3N4O2. The van der Waals surface area contributed by atoms with Gasteiger partial charge in [0.1, 0.15) is 12.6 Å². The number of pyridine rings is 1.